The highest BCUT2D eigenvalue weighted by Gasteiger charge is 1.81. The molecule has 0 heterocycles. The van der Waals surface area contributed by atoms with Gasteiger partial charge in [-0.25, -0.2) is 0 Å². The highest BCUT2D eigenvalue weighted by atomic mass is 16.3. The molecule has 0 unspecified atom stereocenters. The van der Waals surface area contributed by atoms with Crippen LogP contribution in [0.15, 0.2) is 0 Å². The quantitative estimate of drug-likeness (QED) is 0.589. The van der Waals surface area contributed by atoms with E-state index in [0.717, 1.165) is 12.8 Å². The minimum Gasteiger partial charge on any atom is -0.397 e. The van der Waals surface area contributed by atoms with E-state index in [9.17, 15) is 0 Å². The second-order valence-electron chi connectivity index (χ2n) is 4.42. The van der Waals surface area contributed by atoms with Crippen molar-refractivity contribution in [2.45, 2.75) is 66.9 Å². The summed E-state index contributed by atoms with van der Waals surface area (Å²) >= 11 is 0. The molecule has 0 atom stereocenters. The van der Waals surface area contributed by atoms with Crippen LogP contribution in [-0.4, -0.2) is 46.4 Å². The van der Waals surface area contributed by atoms with Crippen LogP contribution >= 0.6 is 0 Å². The van der Waals surface area contributed by atoms with Crippen molar-refractivity contribution in [1.82, 2.24) is 0 Å². The minimum atomic E-state index is -0.167. The van der Waals surface area contributed by atoms with Gasteiger partial charge in [0.25, 0.3) is 0 Å². The molecule has 0 aliphatic heterocycles. The van der Waals surface area contributed by atoms with Crippen LogP contribution in [0.5, 0.6) is 0 Å². The van der Waals surface area contributed by atoms with Crippen molar-refractivity contribution in [3.8, 4) is 0 Å². The van der Waals surface area contributed by atoms with E-state index in [2.05, 4.69) is 6.92 Å². The maximum Gasteiger partial charge on any atom is 0.0483 e. The van der Waals surface area contributed by atoms with Gasteiger partial charge in [0.15, 0.2) is 0 Å². The Balaban J connectivity index is -0.0000000750. The van der Waals surface area contributed by atoms with Crippen molar-refractivity contribution in [1.29, 1.82) is 0 Å². The van der Waals surface area contributed by atoms with E-state index in [0.29, 0.717) is 19.1 Å². The SMILES string of the molecule is CC(C)CO.CC(C)O.CCCCCO.CCO. The summed E-state index contributed by atoms with van der Waals surface area (Å²) in [5, 5.41) is 32.0. The second-order valence-corrected chi connectivity index (χ2v) is 4.42. The van der Waals surface area contributed by atoms with Crippen molar-refractivity contribution in [3.63, 3.8) is 0 Å². The first-order valence-corrected chi connectivity index (χ1v) is 6.84. The first kappa shape index (κ1) is 26.4. The molecule has 0 saturated heterocycles. The van der Waals surface area contributed by atoms with Gasteiger partial charge in [-0.2, -0.15) is 0 Å². The van der Waals surface area contributed by atoms with Crippen LogP contribution in [-0.2, 0) is 0 Å². The third-order valence-electron chi connectivity index (χ3n) is 1.13. The van der Waals surface area contributed by atoms with E-state index >= 15 is 0 Å². The van der Waals surface area contributed by atoms with Crippen molar-refractivity contribution in [3.05, 3.63) is 0 Å². The zero-order valence-electron chi connectivity index (χ0n) is 13.2. The molecule has 0 aromatic heterocycles. The average Bonchev–Trinajstić information content (AvgIpc) is 2.27. The molecule has 0 aliphatic carbocycles. The van der Waals surface area contributed by atoms with E-state index in [1.165, 1.54) is 6.42 Å². The monoisotopic (exact) mass is 268 g/mol. The summed E-state index contributed by atoms with van der Waals surface area (Å²) in [6, 6.07) is 0. The van der Waals surface area contributed by atoms with Gasteiger partial charge in [-0.1, -0.05) is 33.6 Å². The van der Waals surface area contributed by atoms with Gasteiger partial charge in [-0.05, 0) is 33.1 Å². The molecule has 0 amide bonds. The average molecular weight is 268 g/mol. The van der Waals surface area contributed by atoms with Gasteiger partial charge in [0.05, 0.1) is 0 Å². The summed E-state index contributed by atoms with van der Waals surface area (Å²) in [6.45, 7) is 12.1. The molecule has 0 saturated carbocycles. The summed E-state index contributed by atoms with van der Waals surface area (Å²) in [6.07, 6.45) is 3.16. The Hall–Kier alpha value is -0.160. The Kier molecular flexibility index (Phi) is 44.2. The zero-order chi connectivity index (χ0) is 15.4. The van der Waals surface area contributed by atoms with E-state index in [4.69, 9.17) is 20.4 Å². The fourth-order valence-corrected chi connectivity index (χ4v) is 0.362. The van der Waals surface area contributed by atoms with E-state index in [-0.39, 0.29) is 12.7 Å². The molecule has 0 rings (SSSR count). The minimum absolute atomic E-state index is 0.167. The molecule has 0 aliphatic rings. The normalized spacial score (nSPS) is 8.67. The highest BCUT2D eigenvalue weighted by Crippen LogP contribution is 1.89. The predicted molar refractivity (Wildman–Crippen MR) is 78.6 cm³/mol. The van der Waals surface area contributed by atoms with Crippen LogP contribution in [0.1, 0.15) is 60.8 Å². The second kappa shape index (κ2) is 30.1. The van der Waals surface area contributed by atoms with E-state index in [1.54, 1.807) is 20.8 Å². The van der Waals surface area contributed by atoms with Gasteiger partial charge in [-0.3, -0.25) is 0 Å². The summed E-state index contributed by atoms with van der Waals surface area (Å²) in [5.41, 5.74) is 0. The Morgan fingerprint density at radius 3 is 1.17 bits per heavy atom. The standard InChI is InChI=1S/C5H12O.C4H10O.C3H8O.C2H6O/c1-2-3-4-5-6;1-4(2)3-5;1-3(2)4;1-2-3/h6H,2-5H2,1H3;4-5H,3H2,1-2H3;3-4H,1-2H3;3H,2H2,1H3. The maximum absolute atomic E-state index is 8.20. The summed E-state index contributed by atoms with van der Waals surface area (Å²) in [7, 11) is 0. The lowest BCUT2D eigenvalue weighted by molar-refractivity contribution is 0.216. The summed E-state index contributed by atoms with van der Waals surface area (Å²) in [4.78, 5) is 0. The number of aliphatic hydroxyl groups is 4. The molecule has 18 heavy (non-hydrogen) atoms. The van der Waals surface area contributed by atoms with Gasteiger partial charge in [0, 0.05) is 25.9 Å². The molecule has 0 radical (unpaired) electrons. The van der Waals surface area contributed by atoms with Crippen LogP contribution in [0.25, 0.3) is 0 Å². The van der Waals surface area contributed by atoms with Crippen molar-refractivity contribution >= 4 is 0 Å². The summed E-state index contributed by atoms with van der Waals surface area (Å²) in [5.74, 6) is 0.440. The molecule has 116 valence electrons. The molecule has 4 N–H and O–H groups in total. The highest BCUT2D eigenvalue weighted by molar-refractivity contribution is 4.32. The Bertz CT molecular complexity index is 89.0. The molecular weight excluding hydrogens is 232 g/mol. The lowest BCUT2D eigenvalue weighted by atomic mass is 10.2. The number of aliphatic hydroxyl groups excluding tert-OH is 4. The Labute approximate surface area is 114 Å². The fourth-order valence-electron chi connectivity index (χ4n) is 0.362. The zero-order valence-corrected chi connectivity index (χ0v) is 13.2. The largest absolute Gasteiger partial charge is 0.397 e. The van der Waals surface area contributed by atoms with Gasteiger partial charge in [0.1, 0.15) is 0 Å². The Morgan fingerprint density at radius 2 is 1.11 bits per heavy atom. The first-order valence-electron chi connectivity index (χ1n) is 6.84. The molecule has 0 fully saturated rings. The lowest BCUT2D eigenvalue weighted by Crippen LogP contribution is -1.90. The topological polar surface area (TPSA) is 80.9 Å². The molecule has 4 nitrogen and oxygen atoms in total. The number of hydrogen-bond acceptors (Lipinski definition) is 4. The molecule has 0 spiro atoms. The maximum atomic E-state index is 8.20. The van der Waals surface area contributed by atoms with Crippen LogP contribution < -0.4 is 0 Å². The first-order chi connectivity index (χ1) is 8.33. The predicted octanol–water partition coefficient (Wildman–Crippen LogP) is 2.19. The Morgan fingerprint density at radius 1 is 0.833 bits per heavy atom. The van der Waals surface area contributed by atoms with Crippen LogP contribution in [0.2, 0.25) is 0 Å². The fraction of sp³-hybridized carbons (Fsp3) is 1.00. The van der Waals surface area contributed by atoms with Crippen LogP contribution in [0, 0.1) is 5.92 Å². The molecule has 0 bridgehead atoms. The third kappa shape index (κ3) is 149. The van der Waals surface area contributed by atoms with Crippen molar-refractivity contribution in [2.24, 2.45) is 5.92 Å². The van der Waals surface area contributed by atoms with Gasteiger partial charge >= 0.3 is 0 Å². The molecular formula is C14H36O4. The molecule has 0 aromatic carbocycles. The van der Waals surface area contributed by atoms with Gasteiger partial charge in [0.2, 0.25) is 0 Å². The molecule has 4 heteroatoms. The number of hydrogen-bond donors (Lipinski definition) is 4. The van der Waals surface area contributed by atoms with Crippen LogP contribution in [0.4, 0.5) is 0 Å². The smallest absolute Gasteiger partial charge is 0.0483 e. The number of unbranched alkanes of at least 4 members (excludes halogenated alkanes) is 2. The van der Waals surface area contributed by atoms with Crippen molar-refractivity contribution < 1.29 is 20.4 Å². The lowest BCUT2D eigenvalue weighted by Gasteiger charge is -1.90. The number of rotatable bonds is 4. The van der Waals surface area contributed by atoms with Crippen LogP contribution in [0.3, 0.4) is 0 Å². The van der Waals surface area contributed by atoms with Gasteiger partial charge in [-0.15, -0.1) is 0 Å². The van der Waals surface area contributed by atoms with E-state index < -0.39 is 0 Å². The summed E-state index contributed by atoms with van der Waals surface area (Å²) < 4.78 is 0. The van der Waals surface area contributed by atoms with Gasteiger partial charge < -0.3 is 20.4 Å². The van der Waals surface area contributed by atoms with E-state index in [1.807, 2.05) is 13.8 Å². The third-order valence-corrected chi connectivity index (χ3v) is 1.13. The molecule has 0 aromatic rings. The van der Waals surface area contributed by atoms with Crippen molar-refractivity contribution in [2.75, 3.05) is 19.8 Å².